The molecule has 0 saturated carbocycles. The summed E-state index contributed by atoms with van der Waals surface area (Å²) >= 11 is 0. The fourth-order valence-electron chi connectivity index (χ4n) is 2.88. The van der Waals surface area contributed by atoms with Gasteiger partial charge in [-0.25, -0.2) is 14.4 Å². The second kappa shape index (κ2) is 9.98. The highest BCUT2D eigenvalue weighted by Gasteiger charge is 2.06. The van der Waals surface area contributed by atoms with Crippen LogP contribution in [-0.2, 0) is 6.42 Å². The van der Waals surface area contributed by atoms with Gasteiger partial charge in [0.25, 0.3) is 0 Å². The van der Waals surface area contributed by atoms with E-state index in [0.717, 1.165) is 23.1 Å². The van der Waals surface area contributed by atoms with E-state index in [0.29, 0.717) is 18.0 Å². The van der Waals surface area contributed by atoms with E-state index >= 15 is 0 Å². The Bertz CT molecular complexity index is 845. The highest BCUT2D eigenvalue weighted by Crippen LogP contribution is 2.23. The molecule has 3 aromatic rings. The van der Waals surface area contributed by atoms with Crippen molar-refractivity contribution >= 4 is 0 Å². The van der Waals surface area contributed by atoms with Gasteiger partial charge in [0.15, 0.2) is 5.82 Å². The predicted octanol–water partition coefficient (Wildman–Crippen LogP) is 6.28. The van der Waals surface area contributed by atoms with Crippen molar-refractivity contribution in [2.45, 2.75) is 45.7 Å². The molecule has 2 aromatic carbocycles. The standard InChI is InChI=1S/C24H27FN2O/c1-3-5-6-18-7-9-19(10-8-18)21-15-26-24(27-16-21)20-11-13-23(14-12-20)28-17-22(25)4-2/h7-16,22H,3-6,17H2,1-2H3. The summed E-state index contributed by atoms with van der Waals surface area (Å²) in [6.45, 7) is 4.09. The van der Waals surface area contributed by atoms with Crippen LogP contribution in [0.4, 0.5) is 4.39 Å². The number of unbranched alkanes of at least 4 members (excludes halogenated alkanes) is 1. The number of aryl methyl sites for hydroxylation is 1. The molecule has 0 saturated heterocycles. The maximum atomic E-state index is 13.3. The Kier molecular flexibility index (Phi) is 7.12. The maximum absolute atomic E-state index is 13.3. The zero-order valence-electron chi connectivity index (χ0n) is 16.6. The van der Waals surface area contributed by atoms with Crippen LogP contribution in [0.2, 0.25) is 0 Å². The maximum Gasteiger partial charge on any atom is 0.159 e. The van der Waals surface area contributed by atoms with Crippen molar-refractivity contribution in [3.05, 3.63) is 66.5 Å². The van der Waals surface area contributed by atoms with E-state index in [1.807, 2.05) is 36.7 Å². The molecule has 1 heterocycles. The van der Waals surface area contributed by atoms with Gasteiger partial charge in [0.2, 0.25) is 0 Å². The Morgan fingerprint density at radius 3 is 2.11 bits per heavy atom. The van der Waals surface area contributed by atoms with Crippen molar-refractivity contribution in [3.63, 3.8) is 0 Å². The van der Waals surface area contributed by atoms with Crippen molar-refractivity contribution in [2.24, 2.45) is 0 Å². The first-order chi connectivity index (χ1) is 13.7. The van der Waals surface area contributed by atoms with E-state index in [9.17, 15) is 4.39 Å². The van der Waals surface area contributed by atoms with E-state index in [-0.39, 0.29) is 6.61 Å². The van der Waals surface area contributed by atoms with Crippen LogP contribution in [0.3, 0.4) is 0 Å². The summed E-state index contributed by atoms with van der Waals surface area (Å²) < 4.78 is 18.7. The van der Waals surface area contributed by atoms with Crippen LogP contribution >= 0.6 is 0 Å². The molecular formula is C24H27FN2O. The molecule has 3 nitrogen and oxygen atoms in total. The minimum atomic E-state index is -0.934. The predicted molar refractivity (Wildman–Crippen MR) is 112 cm³/mol. The average Bonchev–Trinajstić information content (AvgIpc) is 2.77. The van der Waals surface area contributed by atoms with Gasteiger partial charge < -0.3 is 4.74 Å². The van der Waals surface area contributed by atoms with Crippen LogP contribution < -0.4 is 4.74 Å². The normalized spacial score (nSPS) is 12.0. The summed E-state index contributed by atoms with van der Waals surface area (Å²) in [7, 11) is 0. The monoisotopic (exact) mass is 378 g/mol. The van der Waals surface area contributed by atoms with Crippen molar-refractivity contribution < 1.29 is 9.13 Å². The van der Waals surface area contributed by atoms with Crippen molar-refractivity contribution in [1.29, 1.82) is 0 Å². The lowest BCUT2D eigenvalue weighted by molar-refractivity contribution is 0.192. The Balaban J connectivity index is 1.65. The van der Waals surface area contributed by atoms with Crippen LogP contribution in [0.25, 0.3) is 22.5 Å². The third kappa shape index (κ3) is 5.38. The molecule has 0 aliphatic rings. The molecule has 0 fully saturated rings. The average molecular weight is 378 g/mol. The highest BCUT2D eigenvalue weighted by molar-refractivity contribution is 5.64. The van der Waals surface area contributed by atoms with Crippen molar-refractivity contribution in [2.75, 3.05) is 6.61 Å². The van der Waals surface area contributed by atoms with E-state index in [2.05, 4.69) is 41.2 Å². The third-order valence-electron chi connectivity index (χ3n) is 4.74. The van der Waals surface area contributed by atoms with Gasteiger partial charge in [-0.1, -0.05) is 44.5 Å². The number of alkyl halides is 1. The lowest BCUT2D eigenvalue weighted by Crippen LogP contribution is -2.11. The van der Waals surface area contributed by atoms with Crippen LogP contribution in [0.5, 0.6) is 5.75 Å². The molecule has 28 heavy (non-hydrogen) atoms. The topological polar surface area (TPSA) is 35.0 Å². The zero-order valence-corrected chi connectivity index (χ0v) is 16.6. The fourth-order valence-corrected chi connectivity index (χ4v) is 2.88. The smallest absolute Gasteiger partial charge is 0.159 e. The van der Waals surface area contributed by atoms with Crippen LogP contribution in [0.15, 0.2) is 60.9 Å². The molecule has 0 spiro atoms. The largest absolute Gasteiger partial charge is 0.491 e. The minimum absolute atomic E-state index is 0.0816. The van der Waals surface area contributed by atoms with Gasteiger partial charge >= 0.3 is 0 Å². The van der Waals surface area contributed by atoms with Gasteiger partial charge in [-0.3, -0.25) is 0 Å². The van der Waals surface area contributed by atoms with Crippen molar-refractivity contribution in [3.8, 4) is 28.3 Å². The van der Waals surface area contributed by atoms with Crippen LogP contribution in [-0.4, -0.2) is 22.7 Å². The second-order valence-electron chi connectivity index (χ2n) is 6.94. The van der Waals surface area contributed by atoms with Crippen LogP contribution in [0, 0.1) is 0 Å². The summed E-state index contributed by atoms with van der Waals surface area (Å²) in [4.78, 5) is 9.01. The zero-order chi connectivity index (χ0) is 19.8. The van der Waals surface area contributed by atoms with Gasteiger partial charge in [-0.2, -0.15) is 0 Å². The number of halogens is 1. The quantitative estimate of drug-likeness (QED) is 0.439. The molecular weight excluding hydrogens is 351 g/mol. The summed E-state index contributed by atoms with van der Waals surface area (Å²) in [5, 5.41) is 0. The molecule has 0 bridgehead atoms. The Labute approximate surface area is 166 Å². The van der Waals surface area contributed by atoms with Gasteiger partial charge in [-0.15, -0.1) is 0 Å². The van der Waals surface area contributed by atoms with Gasteiger partial charge in [0.05, 0.1) is 0 Å². The third-order valence-corrected chi connectivity index (χ3v) is 4.74. The molecule has 4 heteroatoms. The number of rotatable bonds is 9. The molecule has 0 amide bonds. The summed E-state index contributed by atoms with van der Waals surface area (Å²) in [6, 6.07) is 16.1. The highest BCUT2D eigenvalue weighted by atomic mass is 19.1. The van der Waals surface area contributed by atoms with Gasteiger partial charge in [0.1, 0.15) is 18.5 Å². The first-order valence-electron chi connectivity index (χ1n) is 9.98. The Morgan fingerprint density at radius 2 is 1.50 bits per heavy atom. The Morgan fingerprint density at radius 1 is 0.857 bits per heavy atom. The molecule has 0 radical (unpaired) electrons. The lowest BCUT2D eigenvalue weighted by atomic mass is 10.0. The molecule has 1 unspecified atom stereocenters. The number of hydrogen-bond acceptors (Lipinski definition) is 3. The van der Waals surface area contributed by atoms with E-state index in [4.69, 9.17) is 4.74 Å². The number of ether oxygens (including phenoxy) is 1. The van der Waals surface area contributed by atoms with Gasteiger partial charge in [0, 0.05) is 23.5 Å². The molecule has 1 atom stereocenters. The first kappa shape index (κ1) is 20.0. The molecule has 146 valence electrons. The summed E-state index contributed by atoms with van der Waals surface area (Å²) in [6.07, 6.45) is 6.77. The lowest BCUT2D eigenvalue weighted by Gasteiger charge is -2.09. The molecule has 0 N–H and O–H groups in total. The number of aromatic nitrogens is 2. The molecule has 3 rings (SSSR count). The molecule has 0 aliphatic heterocycles. The number of nitrogens with zero attached hydrogens (tertiary/aromatic N) is 2. The molecule has 1 aromatic heterocycles. The fraction of sp³-hybridized carbons (Fsp3) is 0.333. The van der Waals surface area contributed by atoms with Crippen LogP contribution in [0.1, 0.15) is 38.7 Å². The number of benzene rings is 2. The van der Waals surface area contributed by atoms with E-state index in [1.54, 1.807) is 6.92 Å². The SMILES string of the molecule is CCCCc1ccc(-c2cnc(-c3ccc(OCC(F)CC)cc3)nc2)cc1. The first-order valence-corrected chi connectivity index (χ1v) is 9.98. The number of hydrogen-bond donors (Lipinski definition) is 0. The van der Waals surface area contributed by atoms with Gasteiger partial charge in [-0.05, 0) is 54.7 Å². The van der Waals surface area contributed by atoms with Crippen molar-refractivity contribution in [1.82, 2.24) is 9.97 Å². The summed E-state index contributed by atoms with van der Waals surface area (Å²) in [5.74, 6) is 1.31. The Hall–Kier alpha value is -2.75. The van der Waals surface area contributed by atoms with E-state index < -0.39 is 6.17 Å². The minimum Gasteiger partial charge on any atom is -0.491 e. The van der Waals surface area contributed by atoms with E-state index in [1.165, 1.54) is 18.4 Å². The molecule has 0 aliphatic carbocycles. The summed E-state index contributed by atoms with van der Waals surface area (Å²) in [5.41, 5.74) is 4.39. The second-order valence-corrected chi connectivity index (χ2v) is 6.94.